The SMILES string of the molecule is CCC(Nn1cccc1C#N)C(=O)N1CCn2cnnc2C1. The molecule has 0 saturated heterocycles. The Labute approximate surface area is 127 Å². The van der Waals surface area contributed by atoms with Crippen LogP contribution in [0.15, 0.2) is 24.7 Å². The number of rotatable bonds is 4. The monoisotopic (exact) mass is 299 g/mol. The fourth-order valence-electron chi connectivity index (χ4n) is 2.55. The van der Waals surface area contributed by atoms with Gasteiger partial charge >= 0.3 is 0 Å². The third-order valence-electron chi connectivity index (χ3n) is 3.82. The summed E-state index contributed by atoms with van der Waals surface area (Å²) < 4.78 is 3.55. The molecule has 0 fully saturated rings. The molecule has 1 aliphatic rings. The van der Waals surface area contributed by atoms with Gasteiger partial charge in [-0.1, -0.05) is 6.92 Å². The third kappa shape index (κ3) is 2.53. The van der Waals surface area contributed by atoms with Crippen LogP contribution in [0.5, 0.6) is 0 Å². The predicted molar refractivity (Wildman–Crippen MR) is 78.0 cm³/mol. The highest BCUT2D eigenvalue weighted by Gasteiger charge is 2.27. The quantitative estimate of drug-likeness (QED) is 0.877. The van der Waals surface area contributed by atoms with Gasteiger partial charge in [0.15, 0.2) is 5.82 Å². The van der Waals surface area contributed by atoms with Gasteiger partial charge in [0.05, 0.1) is 6.54 Å². The average Bonchev–Trinajstić information content (AvgIpc) is 3.19. The molecule has 1 amide bonds. The summed E-state index contributed by atoms with van der Waals surface area (Å²) in [7, 11) is 0. The molecule has 2 aromatic rings. The maximum absolute atomic E-state index is 12.7. The molecule has 1 unspecified atom stereocenters. The van der Waals surface area contributed by atoms with Crippen LogP contribution in [-0.4, -0.2) is 42.8 Å². The molecular weight excluding hydrogens is 282 g/mol. The van der Waals surface area contributed by atoms with Crippen molar-refractivity contribution >= 4 is 5.91 Å². The van der Waals surface area contributed by atoms with Gasteiger partial charge in [-0.3, -0.25) is 9.47 Å². The van der Waals surface area contributed by atoms with E-state index in [1.807, 2.05) is 11.5 Å². The zero-order valence-electron chi connectivity index (χ0n) is 12.3. The summed E-state index contributed by atoms with van der Waals surface area (Å²) in [4.78, 5) is 14.5. The summed E-state index contributed by atoms with van der Waals surface area (Å²) in [6, 6.07) is 5.18. The predicted octanol–water partition coefficient (Wildman–Crippen LogP) is 0.316. The van der Waals surface area contributed by atoms with Crippen LogP contribution in [0.4, 0.5) is 0 Å². The van der Waals surface area contributed by atoms with Crippen molar-refractivity contribution in [3.05, 3.63) is 36.2 Å². The molecule has 22 heavy (non-hydrogen) atoms. The molecule has 0 aromatic carbocycles. The highest BCUT2D eigenvalue weighted by atomic mass is 16.2. The largest absolute Gasteiger partial charge is 0.332 e. The molecule has 0 saturated carbocycles. The van der Waals surface area contributed by atoms with E-state index in [1.54, 1.807) is 34.2 Å². The van der Waals surface area contributed by atoms with E-state index in [0.717, 1.165) is 5.82 Å². The number of hydrogen-bond acceptors (Lipinski definition) is 5. The van der Waals surface area contributed by atoms with Crippen LogP contribution < -0.4 is 5.43 Å². The number of fused-ring (bicyclic) bond motifs is 1. The standard InChI is InChI=1S/C14H17N7O/c1-2-12(18-21-5-3-4-11(21)8-15)14(22)19-6-7-20-10-16-17-13(20)9-19/h3-5,10,12,18H,2,6-7,9H2,1H3. The Bertz CT molecular complexity index is 711. The van der Waals surface area contributed by atoms with Crippen LogP contribution in [0.1, 0.15) is 24.9 Å². The van der Waals surface area contributed by atoms with Crippen LogP contribution in [0.25, 0.3) is 0 Å². The molecular formula is C14H17N7O. The second-order valence-corrected chi connectivity index (χ2v) is 5.17. The topological polar surface area (TPSA) is 91.8 Å². The fraction of sp³-hybridized carbons (Fsp3) is 0.429. The third-order valence-corrected chi connectivity index (χ3v) is 3.82. The Balaban J connectivity index is 1.71. The second-order valence-electron chi connectivity index (χ2n) is 5.17. The number of nitrogens with one attached hydrogen (secondary N) is 1. The molecule has 0 bridgehead atoms. The Hall–Kier alpha value is -2.82. The summed E-state index contributed by atoms with van der Waals surface area (Å²) in [6.45, 7) is 3.75. The van der Waals surface area contributed by atoms with Crippen LogP contribution >= 0.6 is 0 Å². The lowest BCUT2D eigenvalue weighted by molar-refractivity contribution is -0.133. The first-order chi connectivity index (χ1) is 10.7. The van der Waals surface area contributed by atoms with E-state index in [2.05, 4.69) is 21.7 Å². The number of carbonyl (C=O) groups excluding carboxylic acids is 1. The van der Waals surface area contributed by atoms with Gasteiger partial charge in [-0.25, -0.2) is 0 Å². The van der Waals surface area contributed by atoms with Crippen molar-refractivity contribution in [3.63, 3.8) is 0 Å². The van der Waals surface area contributed by atoms with Gasteiger partial charge in [-0.15, -0.1) is 10.2 Å². The Kier molecular flexibility index (Phi) is 3.78. The summed E-state index contributed by atoms with van der Waals surface area (Å²) in [5, 5.41) is 16.9. The first-order valence-corrected chi connectivity index (χ1v) is 7.22. The highest BCUT2D eigenvalue weighted by molar-refractivity contribution is 5.83. The van der Waals surface area contributed by atoms with Crippen molar-refractivity contribution in [2.45, 2.75) is 32.5 Å². The van der Waals surface area contributed by atoms with Crippen LogP contribution in [-0.2, 0) is 17.9 Å². The van der Waals surface area contributed by atoms with Crippen LogP contribution in [0.2, 0.25) is 0 Å². The zero-order valence-corrected chi connectivity index (χ0v) is 12.3. The number of aromatic nitrogens is 4. The van der Waals surface area contributed by atoms with Crippen molar-refractivity contribution in [2.75, 3.05) is 12.0 Å². The summed E-state index contributed by atoms with van der Waals surface area (Å²) in [5.41, 5.74) is 3.58. The van der Waals surface area contributed by atoms with E-state index >= 15 is 0 Å². The van der Waals surface area contributed by atoms with Gasteiger partial charge in [0, 0.05) is 19.3 Å². The van der Waals surface area contributed by atoms with E-state index in [4.69, 9.17) is 5.26 Å². The van der Waals surface area contributed by atoms with E-state index in [0.29, 0.717) is 31.7 Å². The first kappa shape index (κ1) is 14.1. The van der Waals surface area contributed by atoms with Gasteiger partial charge in [-0.05, 0) is 18.6 Å². The maximum Gasteiger partial charge on any atom is 0.247 e. The normalized spacial score (nSPS) is 15.0. The summed E-state index contributed by atoms with van der Waals surface area (Å²) >= 11 is 0. The lowest BCUT2D eigenvalue weighted by atomic mass is 10.2. The van der Waals surface area contributed by atoms with Crippen LogP contribution in [0, 0.1) is 11.3 Å². The molecule has 1 N–H and O–H groups in total. The van der Waals surface area contributed by atoms with E-state index in [-0.39, 0.29) is 11.9 Å². The molecule has 2 aromatic heterocycles. The Morgan fingerprint density at radius 1 is 1.55 bits per heavy atom. The van der Waals surface area contributed by atoms with Crippen molar-refractivity contribution < 1.29 is 4.79 Å². The number of carbonyl (C=O) groups is 1. The lowest BCUT2D eigenvalue weighted by Gasteiger charge is -2.31. The van der Waals surface area contributed by atoms with Gasteiger partial charge < -0.3 is 14.9 Å². The van der Waals surface area contributed by atoms with Crippen molar-refractivity contribution in [2.24, 2.45) is 0 Å². The molecule has 8 heteroatoms. The van der Waals surface area contributed by atoms with Crippen molar-refractivity contribution in [1.82, 2.24) is 24.3 Å². The Morgan fingerprint density at radius 2 is 2.41 bits per heavy atom. The van der Waals surface area contributed by atoms with Gasteiger partial charge in [-0.2, -0.15) is 5.26 Å². The number of amides is 1. The molecule has 8 nitrogen and oxygen atoms in total. The van der Waals surface area contributed by atoms with E-state index in [9.17, 15) is 4.79 Å². The minimum atomic E-state index is -0.381. The second kappa shape index (κ2) is 5.89. The molecule has 0 aliphatic carbocycles. The van der Waals surface area contributed by atoms with Crippen LogP contribution in [0.3, 0.4) is 0 Å². The molecule has 3 rings (SSSR count). The molecule has 1 atom stereocenters. The molecule has 1 aliphatic heterocycles. The summed E-state index contributed by atoms with van der Waals surface area (Å²) in [6.07, 6.45) is 4.05. The Morgan fingerprint density at radius 3 is 3.18 bits per heavy atom. The van der Waals surface area contributed by atoms with E-state index in [1.165, 1.54) is 0 Å². The van der Waals surface area contributed by atoms with Crippen molar-refractivity contribution in [1.29, 1.82) is 5.26 Å². The number of nitriles is 1. The number of hydrogen-bond donors (Lipinski definition) is 1. The lowest BCUT2D eigenvalue weighted by Crippen LogP contribution is -2.47. The number of nitrogens with zero attached hydrogens (tertiary/aromatic N) is 6. The molecule has 0 spiro atoms. The minimum absolute atomic E-state index is 0.00865. The minimum Gasteiger partial charge on any atom is -0.332 e. The van der Waals surface area contributed by atoms with Gasteiger partial charge in [0.2, 0.25) is 5.91 Å². The molecule has 3 heterocycles. The smallest absolute Gasteiger partial charge is 0.247 e. The highest BCUT2D eigenvalue weighted by Crippen LogP contribution is 2.12. The average molecular weight is 299 g/mol. The van der Waals surface area contributed by atoms with Gasteiger partial charge in [0.25, 0.3) is 0 Å². The van der Waals surface area contributed by atoms with Gasteiger partial charge in [0.1, 0.15) is 24.1 Å². The fourth-order valence-corrected chi connectivity index (χ4v) is 2.55. The maximum atomic E-state index is 12.7. The van der Waals surface area contributed by atoms with Crippen molar-refractivity contribution in [3.8, 4) is 6.07 Å². The van der Waals surface area contributed by atoms with E-state index < -0.39 is 0 Å². The molecule has 114 valence electrons. The summed E-state index contributed by atoms with van der Waals surface area (Å²) in [5.74, 6) is 0.808. The first-order valence-electron chi connectivity index (χ1n) is 7.22. The zero-order chi connectivity index (χ0) is 15.5. The molecule has 0 radical (unpaired) electrons.